The summed E-state index contributed by atoms with van der Waals surface area (Å²) in [5.74, 6) is -0.790. The molecular formula is C11H18N2O3. The molecule has 0 aromatic carbocycles. The maximum Gasteiger partial charge on any atom is 0.332 e. The first-order chi connectivity index (χ1) is 7.58. The van der Waals surface area contributed by atoms with Crippen LogP contribution in [0.15, 0.2) is 11.6 Å². The molecule has 90 valence electrons. The number of carbonyl (C=O) groups is 2. The van der Waals surface area contributed by atoms with Crippen LogP contribution in [0.3, 0.4) is 0 Å². The zero-order chi connectivity index (χ0) is 12.1. The van der Waals surface area contributed by atoms with Gasteiger partial charge >= 0.3 is 5.97 Å². The van der Waals surface area contributed by atoms with Crippen LogP contribution in [0.2, 0.25) is 0 Å². The van der Waals surface area contributed by atoms with Crippen molar-refractivity contribution in [2.24, 2.45) is 5.73 Å². The van der Waals surface area contributed by atoms with Crippen LogP contribution in [0.25, 0.3) is 0 Å². The first-order valence-electron chi connectivity index (χ1n) is 5.54. The fourth-order valence-electron chi connectivity index (χ4n) is 1.67. The normalized spacial score (nSPS) is 21.5. The van der Waals surface area contributed by atoms with Gasteiger partial charge in [-0.05, 0) is 18.4 Å². The minimum absolute atomic E-state index is 0.361. The Morgan fingerprint density at radius 2 is 2.31 bits per heavy atom. The zero-order valence-electron chi connectivity index (χ0n) is 9.66. The standard InChI is InChI=1S/C11H18N2O3/c1-3-5-7-6-9(14)16-11(7)13-8(4-2)10(12)15/h6,8,11,13H,3-5H2,1-2H3,(H2,12,15). The lowest BCUT2D eigenvalue weighted by molar-refractivity contribution is -0.141. The number of amides is 1. The predicted molar refractivity (Wildman–Crippen MR) is 59.3 cm³/mol. The number of esters is 1. The molecule has 1 amide bonds. The van der Waals surface area contributed by atoms with Crippen molar-refractivity contribution in [2.45, 2.75) is 45.4 Å². The van der Waals surface area contributed by atoms with E-state index >= 15 is 0 Å². The molecule has 0 bridgehead atoms. The summed E-state index contributed by atoms with van der Waals surface area (Å²) in [4.78, 5) is 22.2. The molecule has 0 saturated carbocycles. The van der Waals surface area contributed by atoms with E-state index in [1.807, 2.05) is 13.8 Å². The van der Waals surface area contributed by atoms with Gasteiger partial charge in [0, 0.05) is 6.08 Å². The molecule has 0 aliphatic carbocycles. The molecule has 1 aliphatic heterocycles. The lowest BCUT2D eigenvalue weighted by Gasteiger charge is -2.20. The number of carbonyl (C=O) groups excluding carboxylic acids is 2. The van der Waals surface area contributed by atoms with Crippen LogP contribution in [0.1, 0.15) is 33.1 Å². The van der Waals surface area contributed by atoms with E-state index in [2.05, 4.69) is 5.32 Å². The second-order valence-electron chi connectivity index (χ2n) is 3.82. The summed E-state index contributed by atoms with van der Waals surface area (Å²) >= 11 is 0. The Bertz CT molecular complexity index is 312. The highest BCUT2D eigenvalue weighted by atomic mass is 16.6. The first-order valence-corrected chi connectivity index (χ1v) is 5.54. The van der Waals surface area contributed by atoms with E-state index in [0.717, 1.165) is 18.4 Å². The fraction of sp³-hybridized carbons (Fsp3) is 0.636. The third-order valence-electron chi connectivity index (χ3n) is 2.52. The van der Waals surface area contributed by atoms with Crippen LogP contribution < -0.4 is 11.1 Å². The Hall–Kier alpha value is -1.36. The van der Waals surface area contributed by atoms with Gasteiger partial charge in [-0.15, -0.1) is 0 Å². The van der Waals surface area contributed by atoms with E-state index < -0.39 is 18.2 Å². The number of nitrogens with two attached hydrogens (primary N) is 1. The van der Waals surface area contributed by atoms with Crippen LogP contribution in [0.4, 0.5) is 0 Å². The Labute approximate surface area is 95.0 Å². The Kier molecular flexibility index (Phi) is 4.49. The molecule has 0 fully saturated rings. The number of nitrogens with one attached hydrogen (secondary N) is 1. The summed E-state index contributed by atoms with van der Waals surface area (Å²) in [5.41, 5.74) is 6.10. The van der Waals surface area contributed by atoms with Crippen LogP contribution in [0.5, 0.6) is 0 Å². The molecule has 0 saturated heterocycles. The van der Waals surface area contributed by atoms with Crippen molar-refractivity contribution in [1.29, 1.82) is 0 Å². The maximum absolute atomic E-state index is 11.1. The Morgan fingerprint density at radius 1 is 1.62 bits per heavy atom. The molecule has 0 spiro atoms. The van der Waals surface area contributed by atoms with Crippen LogP contribution in [0, 0.1) is 0 Å². The largest absolute Gasteiger partial charge is 0.439 e. The summed E-state index contributed by atoms with van der Waals surface area (Å²) in [6, 6.07) is -0.462. The molecule has 1 heterocycles. The summed E-state index contributed by atoms with van der Waals surface area (Å²) < 4.78 is 5.06. The van der Waals surface area contributed by atoms with Gasteiger partial charge in [0.15, 0.2) is 6.23 Å². The molecule has 0 aromatic rings. The van der Waals surface area contributed by atoms with Crippen molar-refractivity contribution in [3.05, 3.63) is 11.6 Å². The number of rotatable bonds is 6. The first kappa shape index (κ1) is 12.7. The molecule has 5 heteroatoms. The molecule has 2 unspecified atom stereocenters. The quantitative estimate of drug-likeness (QED) is 0.644. The molecular weight excluding hydrogens is 208 g/mol. The van der Waals surface area contributed by atoms with Gasteiger partial charge in [-0.25, -0.2) is 4.79 Å². The van der Waals surface area contributed by atoms with E-state index in [9.17, 15) is 9.59 Å². The van der Waals surface area contributed by atoms with Crippen molar-refractivity contribution in [3.63, 3.8) is 0 Å². The van der Waals surface area contributed by atoms with E-state index in [1.165, 1.54) is 6.08 Å². The molecule has 1 rings (SSSR count). The van der Waals surface area contributed by atoms with Crippen molar-refractivity contribution in [3.8, 4) is 0 Å². The highest BCUT2D eigenvalue weighted by Crippen LogP contribution is 2.19. The molecule has 2 atom stereocenters. The van der Waals surface area contributed by atoms with Crippen LogP contribution >= 0.6 is 0 Å². The van der Waals surface area contributed by atoms with Crippen molar-refractivity contribution in [2.75, 3.05) is 0 Å². The van der Waals surface area contributed by atoms with Crippen molar-refractivity contribution < 1.29 is 14.3 Å². The topological polar surface area (TPSA) is 81.4 Å². The number of ether oxygens (including phenoxy) is 1. The van der Waals surface area contributed by atoms with Crippen LogP contribution in [-0.4, -0.2) is 24.1 Å². The summed E-state index contributed by atoms with van der Waals surface area (Å²) in [6.07, 6.45) is 3.26. The van der Waals surface area contributed by atoms with Gasteiger partial charge in [-0.1, -0.05) is 20.3 Å². The summed E-state index contributed by atoms with van der Waals surface area (Å²) in [6.45, 7) is 3.87. The van der Waals surface area contributed by atoms with Crippen molar-refractivity contribution >= 4 is 11.9 Å². The number of cyclic esters (lactones) is 1. The smallest absolute Gasteiger partial charge is 0.332 e. The second-order valence-corrected chi connectivity index (χ2v) is 3.82. The van der Waals surface area contributed by atoms with Crippen LogP contribution in [-0.2, 0) is 14.3 Å². The average Bonchev–Trinajstić information content (AvgIpc) is 2.55. The highest BCUT2D eigenvalue weighted by Gasteiger charge is 2.28. The van der Waals surface area contributed by atoms with Gasteiger partial charge in [0.2, 0.25) is 5.91 Å². The third kappa shape index (κ3) is 3.06. The SMILES string of the molecule is CCCC1=CC(=O)OC1NC(CC)C(N)=O. The van der Waals surface area contributed by atoms with Gasteiger partial charge in [0.25, 0.3) is 0 Å². The van der Waals surface area contributed by atoms with Gasteiger partial charge in [-0.2, -0.15) is 0 Å². The van der Waals surface area contributed by atoms with E-state index in [4.69, 9.17) is 10.5 Å². The van der Waals surface area contributed by atoms with Gasteiger partial charge in [-0.3, -0.25) is 10.1 Å². The lowest BCUT2D eigenvalue weighted by Crippen LogP contribution is -2.47. The monoisotopic (exact) mass is 226 g/mol. The molecule has 0 radical (unpaired) electrons. The highest BCUT2D eigenvalue weighted by molar-refractivity contribution is 5.86. The second kappa shape index (κ2) is 5.65. The Balaban J connectivity index is 2.63. The lowest BCUT2D eigenvalue weighted by atomic mass is 10.1. The molecule has 3 N–H and O–H groups in total. The zero-order valence-corrected chi connectivity index (χ0v) is 9.66. The van der Waals surface area contributed by atoms with Gasteiger partial charge < -0.3 is 10.5 Å². The summed E-state index contributed by atoms with van der Waals surface area (Å²) in [7, 11) is 0. The maximum atomic E-state index is 11.1. The van der Waals surface area contributed by atoms with E-state index in [1.54, 1.807) is 0 Å². The van der Waals surface area contributed by atoms with E-state index in [0.29, 0.717) is 6.42 Å². The molecule has 16 heavy (non-hydrogen) atoms. The third-order valence-corrected chi connectivity index (χ3v) is 2.52. The van der Waals surface area contributed by atoms with Gasteiger partial charge in [0.05, 0.1) is 6.04 Å². The summed E-state index contributed by atoms with van der Waals surface area (Å²) in [5, 5.41) is 2.94. The Morgan fingerprint density at radius 3 is 2.81 bits per heavy atom. The predicted octanol–water partition coefficient (Wildman–Crippen LogP) is 0.449. The molecule has 1 aliphatic rings. The average molecular weight is 226 g/mol. The minimum atomic E-state index is -0.495. The molecule has 0 aromatic heterocycles. The fourth-order valence-corrected chi connectivity index (χ4v) is 1.67. The number of hydrogen-bond acceptors (Lipinski definition) is 4. The van der Waals surface area contributed by atoms with E-state index in [-0.39, 0.29) is 5.97 Å². The minimum Gasteiger partial charge on any atom is -0.439 e. The number of hydrogen-bond donors (Lipinski definition) is 2. The molecule has 5 nitrogen and oxygen atoms in total. The van der Waals surface area contributed by atoms with Gasteiger partial charge in [0.1, 0.15) is 0 Å². The van der Waals surface area contributed by atoms with Crippen molar-refractivity contribution in [1.82, 2.24) is 5.32 Å². The number of primary amides is 1.